The van der Waals surface area contributed by atoms with E-state index in [-0.39, 0.29) is 5.91 Å². The number of hydrogen-bond acceptors (Lipinski definition) is 6. The van der Waals surface area contributed by atoms with Crippen molar-refractivity contribution in [2.24, 2.45) is 0 Å². The summed E-state index contributed by atoms with van der Waals surface area (Å²) in [6, 6.07) is 2.25. The Balaban J connectivity index is 1.59. The first-order chi connectivity index (χ1) is 11.0. The third-order valence-corrected chi connectivity index (χ3v) is 4.19. The fourth-order valence-electron chi connectivity index (χ4n) is 2.92. The number of aryl methyl sites for hydroxylation is 3. The molecule has 3 rings (SSSR count). The van der Waals surface area contributed by atoms with E-state index in [0.29, 0.717) is 36.1 Å². The van der Waals surface area contributed by atoms with Gasteiger partial charge in [-0.25, -0.2) is 9.97 Å². The Kier molecular flexibility index (Phi) is 4.27. The molecule has 2 aromatic rings. The number of anilines is 1. The summed E-state index contributed by atoms with van der Waals surface area (Å²) in [6.45, 7) is 6.95. The number of nitrogens with one attached hydrogen (secondary N) is 1. The Labute approximate surface area is 135 Å². The van der Waals surface area contributed by atoms with Gasteiger partial charge in [0.15, 0.2) is 0 Å². The van der Waals surface area contributed by atoms with Crippen molar-refractivity contribution < 1.29 is 9.32 Å². The van der Waals surface area contributed by atoms with Gasteiger partial charge in [-0.15, -0.1) is 0 Å². The lowest BCUT2D eigenvalue weighted by molar-refractivity contribution is 0.0716. The fourth-order valence-corrected chi connectivity index (χ4v) is 2.92. The number of amides is 1. The molecule has 7 nitrogen and oxygen atoms in total. The average molecular weight is 315 g/mol. The van der Waals surface area contributed by atoms with Crippen molar-refractivity contribution in [3.8, 4) is 0 Å². The van der Waals surface area contributed by atoms with Crippen LogP contribution in [0.2, 0.25) is 0 Å². The molecule has 7 heteroatoms. The Morgan fingerprint density at radius 2 is 2.00 bits per heavy atom. The first-order valence-electron chi connectivity index (χ1n) is 7.82. The van der Waals surface area contributed by atoms with E-state index in [9.17, 15) is 4.79 Å². The molecule has 1 aliphatic rings. The van der Waals surface area contributed by atoms with E-state index in [2.05, 4.69) is 20.4 Å². The van der Waals surface area contributed by atoms with E-state index in [1.54, 1.807) is 20.2 Å². The summed E-state index contributed by atoms with van der Waals surface area (Å²) in [7, 11) is 0. The zero-order chi connectivity index (χ0) is 16.4. The summed E-state index contributed by atoms with van der Waals surface area (Å²) in [5.41, 5.74) is 2.19. The summed E-state index contributed by atoms with van der Waals surface area (Å²) in [6.07, 6.45) is 3.34. The van der Waals surface area contributed by atoms with Gasteiger partial charge in [0.1, 0.15) is 23.5 Å². The lowest BCUT2D eigenvalue weighted by atomic mass is 10.0. The molecule has 0 atom stereocenters. The molecule has 1 fully saturated rings. The van der Waals surface area contributed by atoms with Gasteiger partial charge in [-0.1, -0.05) is 5.16 Å². The van der Waals surface area contributed by atoms with Crippen LogP contribution < -0.4 is 5.32 Å². The van der Waals surface area contributed by atoms with Crippen molar-refractivity contribution in [3.05, 3.63) is 35.1 Å². The minimum atomic E-state index is 0.0116. The summed E-state index contributed by atoms with van der Waals surface area (Å²) in [5, 5.41) is 7.28. The van der Waals surface area contributed by atoms with Crippen molar-refractivity contribution in [2.45, 2.75) is 39.7 Å². The van der Waals surface area contributed by atoms with E-state index >= 15 is 0 Å². The molecule has 23 heavy (non-hydrogen) atoms. The maximum Gasteiger partial charge on any atom is 0.259 e. The van der Waals surface area contributed by atoms with Crippen LogP contribution in [0.3, 0.4) is 0 Å². The maximum atomic E-state index is 12.6. The molecule has 2 aromatic heterocycles. The van der Waals surface area contributed by atoms with E-state index in [4.69, 9.17) is 4.52 Å². The number of aromatic nitrogens is 3. The van der Waals surface area contributed by atoms with Crippen LogP contribution in [-0.2, 0) is 0 Å². The van der Waals surface area contributed by atoms with Crippen LogP contribution in [0.25, 0.3) is 0 Å². The lowest BCUT2D eigenvalue weighted by Gasteiger charge is -2.32. The van der Waals surface area contributed by atoms with Crippen LogP contribution in [0, 0.1) is 20.8 Å². The zero-order valence-electron chi connectivity index (χ0n) is 13.7. The number of hydrogen-bond donors (Lipinski definition) is 1. The smallest absolute Gasteiger partial charge is 0.259 e. The number of piperidine rings is 1. The van der Waals surface area contributed by atoms with Gasteiger partial charge in [0.2, 0.25) is 0 Å². The predicted molar refractivity (Wildman–Crippen MR) is 85.3 cm³/mol. The zero-order valence-corrected chi connectivity index (χ0v) is 13.7. The fraction of sp³-hybridized carbons (Fsp3) is 0.500. The molecule has 0 spiro atoms. The number of rotatable bonds is 3. The monoisotopic (exact) mass is 315 g/mol. The van der Waals surface area contributed by atoms with Crippen LogP contribution in [0.1, 0.15) is 40.3 Å². The Hall–Kier alpha value is -2.44. The van der Waals surface area contributed by atoms with E-state index in [1.807, 2.05) is 17.9 Å². The molecule has 122 valence electrons. The summed E-state index contributed by atoms with van der Waals surface area (Å²) in [5.74, 6) is 1.44. The van der Waals surface area contributed by atoms with Gasteiger partial charge in [-0.3, -0.25) is 4.79 Å². The Morgan fingerprint density at radius 3 is 2.61 bits per heavy atom. The molecule has 1 amide bonds. The molecular formula is C16H21N5O2. The van der Waals surface area contributed by atoms with Crippen LogP contribution in [-0.4, -0.2) is 45.1 Å². The van der Waals surface area contributed by atoms with Gasteiger partial charge in [0, 0.05) is 30.9 Å². The largest absolute Gasteiger partial charge is 0.367 e. The second-order valence-corrected chi connectivity index (χ2v) is 5.95. The highest BCUT2D eigenvalue weighted by Crippen LogP contribution is 2.20. The summed E-state index contributed by atoms with van der Waals surface area (Å²) >= 11 is 0. The first-order valence-corrected chi connectivity index (χ1v) is 7.82. The molecule has 1 N–H and O–H groups in total. The third kappa shape index (κ3) is 3.33. The normalized spacial score (nSPS) is 15.7. The highest BCUT2D eigenvalue weighted by Gasteiger charge is 2.27. The van der Waals surface area contributed by atoms with Gasteiger partial charge in [-0.05, 0) is 33.6 Å². The van der Waals surface area contributed by atoms with Gasteiger partial charge in [0.05, 0.1) is 5.69 Å². The highest BCUT2D eigenvalue weighted by molar-refractivity contribution is 5.96. The minimum absolute atomic E-state index is 0.0116. The van der Waals surface area contributed by atoms with Gasteiger partial charge in [0.25, 0.3) is 5.91 Å². The molecule has 1 saturated heterocycles. The number of carbonyl (C=O) groups is 1. The maximum absolute atomic E-state index is 12.6. The summed E-state index contributed by atoms with van der Waals surface area (Å²) < 4.78 is 5.09. The SMILES string of the molecule is Cc1cc(NC2CCN(C(=O)c3c(C)noc3C)CC2)ncn1. The lowest BCUT2D eigenvalue weighted by Crippen LogP contribution is -2.42. The second-order valence-electron chi connectivity index (χ2n) is 5.95. The van der Waals surface area contributed by atoms with Gasteiger partial charge in [-0.2, -0.15) is 0 Å². The van der Waals surface area contributed by atoms with E-state index in [0.717, 1.165) is 24.4 Å². The van der Waals surface area contributed by atoms with Gasteiger partial charge >= 0.3 is 0 Å². The second kappa shape index (κ2) is 6.36. The van der Waals surface area contributed by atoms with Gasteiger partial charge < -0.3 is 14.7 Å². The average Bonchev–Trinajstić information content (AvgIpc) is 2.86. The van der Waals surface area contributed by atoms with Crippen molar-refractivity contribution in [3.63, 3.8) is 0 Å². The van der Waals surface area contributed by atoms with E-state index in [1.165, 1.54) is 0 Å². The molecular weight excluding hydrogens is 294 g/mol. The standard InChI is InChI=1S/C16H21N5O2/c1-10-8-14(18-9-17-10)19-13-4-6-21(7-5-13)16(22)15-11(2)20-23-12(15)3/h8-9,13H,4-7H2,1-3H3,(H,17,18,19). The third-order valence-electron chi connectivity index (χ3n) is 4.19. The molecule has 0 aliphatic carbocycles. The highest BCUT2D eigenvalue weighted by atomic mass is 16.5. The van der Waals surface area contributed by atoms with Crippen LogP contribution in [0.4, 0.5) is 5.82 Å². The number of likely N-dealkylation sites (tertiary alicyclic amines) is 1. The molecule has 0 bridgehead atoms. The first kappa shape index (κ1) is 15.5. The van der Waals surface area contributed by atoms with Crippen molar-refractivity contribution in [1.82, 2.24) is 20.0 Å². The molecule has 0 radical (unpaired) electrons. The Morgan fingerprint density at radius 1 is 1.26 bits per heavy atom. The topological polar surface area (TPSA) is 84.2 Å². The van der Waals surface area contributed by atoms with Crippen molar-refractivity contribution in [1.29, 1.82) is 0 Å². The molecule has 0 saturated carbocycles. The number of nitrogens with zero attached hydrogens (tertiary/aromatic N) is 4. The van der Waals surface area contributed by atoms with Crippen LogP contribution >= 0.6 is 0 Å². The molecule has 3 heterocycles. The number of carbonyl (C=O) groups excluding carboxylic acids is 1. The molecule has 1 aliphatic heterocycles. The molecule has 0 unspecified atom stereocenters. The minimum Gasteiger partial charge on any atom is -0.367 e. The van der Waals surface area contributed by atoms with Crippen LogP contribution in [0.5, 0.6) is 0 Å². The molecule has 0 aromatic carbocycles. The summed E-state index contributed by atoms with van der Waals surface area (Å²) in [4.78, 5) is 22.8. The van der Waals surface area contributed by atoms with Crippen molar-refractivity contribution in [2.75, 3.05) is 18.4 Å². The quantitative estimate of drug-likeness (QED) is 0.934. The van der Waals surface area contributed by atoms with Crippen LogP contribution in [0.15, 0.2) is 16.9 Å². The van der Waals surface area contributed by atoms with Crippen molar-refractivity contribution >= 4 is 11.7 Å². The van der Waals surface area contributed by atoms with E-state index < -0.39 is 0 Å². The Bertz CT molecular complexity index is 685. The predicted octanol–water partition coefficient (Wildman–Crippen LogP) is 2.11.